The molecule has 6 heteroatoms. The summed E-state index contributed by atoms with van der Waals surface area (Å²) >= 11 is 1.60. The fourth-order valence-electron chi connectivity index (χ4n) is 2.83. The summed E-state index contributed by atoms with van der Waals surface area (Å²) in [6.07, 6.45) is 0. The Morgan fingerprint density at radius 1 is 1.15 bits per heavy atom. The highest BCUT2D eigenvalue weighted by molar-refractivity contribution is 7.13. The lowest BCUT2D eigenvalue weighted by atomic mass is 10.1. The Bertz CT molecular complexity index is 892. The van der Waals surface area contributed by atoms with Gasteiger partial charge in [0.15, 0.2) is 0 Å². The van der Waals surface area contributed by atoms with Crippen LogP contribution >= 0.6 is 11.3 Å². The number of likely N-dealkylation sites (N-methyl/N-ethyl adjacent to an activating group) is 1. The minimum absolute atomic E-state index is 0.0917. The van der Waals surface area contributed by atoms with E-state index >= 15 is 0 Å². The van der Waals surface area contributed by atoms with Crippen LogP contribution in [0.2, 0.25) is 0 Å². The molecule has 1 heterocycles. The molecule has 0 saturated heterocycles. The number of hydrogen-bond donors (Lipinski definition) is 2. The number of aromatic nitrogens is 1. The van der Waals surface area contributed by atoms with Gasteiger partial charge in [-0.1, -0.05) is 42.5 Å². The van der Waals surface area contributed by atoms with Crippen molar-refractivity contribution in [1.29, 1.82) is 0 Å². The number of hydrogen-bond acceptors (Lipinski definition) is 4. The number of urea groups is 1. The molecule has 2 amide bonds. The van der Waals surface area contributed by atoms with Crippen LogP contribution in [-0.2, 0) is 0 Å². The molecule has 0 aliphatic rings. The van der Waals surface area contributed by atoms with Crippen LogP contribution in [0, 0.1) is 6.92 Å². The van der Waals surface area contributed by atoms with E-state index in [0.717, 1.165) is 34.1 Å². The number of nitrogens with one attached hydrogen (secondary N) is 2. The molecule has 5 nitrogen and oxygen atoms in total. The van der Waals surface area contributed by atoms with Gasteiger partial charge in [0.2, 0.25) is 0 Å². The van der Waals surface area contributed by atoms with Gasteiger partial charge in [-0.15, -0.1) is 11.3 Å². The number of nitrogens with zero attached hydrogens (tertiary/aromatic N) is 2. The van der Waals surface area contributed by atoms with Crippen LogP contribution in [0.3, 0.4) is 0 Å². The van der Waals surface area contributed by atoms with E-state index in [2.05, 4.69) is 20.5 Å². The molecule has 3 aromatic rings. The van der Waals surface area contributed by atoms with E-state index < -0.39 is 0 Å². The van der Waals surface area contributed by atoms with Gasteiger partial charge in [0.25, 0.3) is 0 Å². The summed E-state index contributed by atoms with van der Waals surface area (Å²) in [6, 6.07) is 17.4. The SMILES string of the molecule is Cc1csc(-c2cccc(NC(=O)NC(CN(C)C)c3ccccc3)c2)n1. The van der Waals surface area contributed by atoms with E-state index in [1.54, 1.807) is 11.3 Å². The molecule has 27 heavy (non-hydrogen) atoms. The summed E-state index contributed by atoms with van der Waals surface area (Å²) in [5.41, 5.74) is 3.82. The van der Waals surface area contributed by atoms with Gasteiger partial charge in [0, 0.05) is 28.9 Å². The number of thiazole rings is 1. The maximum atomic E-state index is 12.6. The Morgan fingerprint density at radius 3 is 2.59 bits per heavy atom. The summed E-state index contributed by atoms with van der Waals surface area (Å²) in [6.45, 7) is 2.69. The zero-order valence-electron chi connectivity index (χ0n) is 15.8. The smallest absolute Gasteiger partial charge is 0.319 e. The highest BCUT2D eigenvalue weighted by Crippen LogP contribution is 2.26. The minimum Gasteiger partial charge on any atom is -0.330 e. The van der Waals surface area contributed by atoms with Crippen molar-refractivity contribution in [3.63, 3.8) is 0 Å². The molecule has 140 valence electrons. The molecule has 2 aromatic carbocycles. The second-order valence-corrected chi connectivity index (χ2v) is 7.56. The van der Waals surface area contributed by atoms with Crippen molar-refractivity contribution >= 4 is 23.1 Å². The molecule has 0 fully saturated rings. The number of anilines is 1. The molecule has 3 rings (SSSR count). The normalized spacial score (nSPS) is 12.0. The fourth-order valence-corrected chi connectivity index (χ4v) is 3.62. The van der Waals surface area contributed by atoms with Crippen molar-refractivity contribution in [2.75, 3.05) is 26.0 Å². The minimum atomic E-state index is -0.224. The van der Waals surface area contributed by atoms with Gasteiger partial charge in [0.05, 0.1) is 6.04 Å². The largest absolute Gasteiger partial charge is 0.330 e. The molecule has 1 aromatic heterocycles. The average molecular weight is 381 g/mol. The van der Waals surface area contributed by atoms with Gasteiger partial charge >= 0.3 is 6.03 Å². The van der Waals surface area contributed by atoms with E-state index in [0.29, 0.717) is 0 Å². The summed E-state index contributed by atoms with van der Waals surface area (Å²) < 4.78 is 0. The monoisotopic (exact) mass is 380 g/mol. The quantitative estimate of drug-likeness (QED) is 0.660. The number of rotatable bonds is 6. The van der Waals surface area contributed by atoms with Crippen LogP contribution in [0.25, 0.3) is 10.6 Å². The first-order chi connectivity index (χ1) is 13.0. The summed E-state index contributed by atoms with van der Waals surface area (Å²) in [5.74, 6) is 0. The van der Waals surface area contributed by atoms with Crippen molar-refractivity contribution in [1.82, 2.24) is 15.2 Å². The first-order valence-electron chi connectivity index (χ1n) is 8.81. The lowest BCUT2D eigenvalue weighted by molar-refractivity contribution is 0.244. The number of aryl methyl sites for hydroxylation is 1. The first-order valence-corrected chi connectivity index (χ1v) is 9.69. The maximum Gasteiger partial charge on any atom is 0.319 e. The van der Waals surface area contributed by atoms with E-state index in [1.165, 1.54) is 0 Å². The average Bonchev–Trinajstić information content (AvgIpc) is 3.08. The Balaban J connectivity index is 1.70. The van der Waals surface area contributed by atoms with Crippen LogP contribution in [0.15, 0.2) is 60.0 Å². The summed E-state index contributed by atoms with van der Waals surface area (Å²) in [4.78, 5) is 19.1. The molecular weight excluding hydrogens is 356 g/mol. The Morgan fingerprint density at radius 2 is 1.93 bits per heavy atom. The van der Waals surface area contributed by atoms with Gasteiger partial charge in [-0.2, -0.15) is 0 Å². The Kier molecular flexibility index (Phi) is 6.21. The number of benzene rings is 2. The van der Waals surface area contributed by atoms with Gasteiger partial charge < -0.3 is 15.5 Å². The highest BCUT2D eigenvalue weighted by Gasteiger charge is 2.15. The van der Waals surface area contributed by atoms with Crippen LogP contribution in [0.1, 0.15) is 17.3 Å². The molecule has 0 aliphatic heterocycles. The molecule has 2 N–H and O–H groups in total. The third-order valence-electron chi connectivity index (χ3n) is 4.04. The predicted octanol–water partition coefficient (Wildman–Crippen LogP) is 4.54. The number of carbonyl (C=O) groups excluding carboxylic acids is 1. The molecule has 0 aliphatic carbocycles. The van der Waals surface area contributed by atoms with Crippen molar-refractivity contribution in [2.24, 2.45) is 0 Å². The van der Waals surface area contributed by atoms with Crippen LogP contribution in [0.5, 0.6) is 0 Å². The van der Waals surface area contributed by atoms with Crippen molar-refractivity contribution < 1.29 is 4.79 Å². The third-order valence-corrected chi connectivity index (χ3v) is 5.05. The number of amides is 2. The molecular formula is C21H24N4OS. The lowest BCUT2D eigenvalue weighted by Crippen LogP contribution is -2.37. The van der Waals surface area contributed by atoms with E-state index in [9.17, 15) is 4.79 Å². The number of carbonyl (C=O) groups is 1. The van der Waals surface area contributed by atoms with Crippen molar-refractivity contribution in [3.8, 4) is 10.6 Å². The lowest BCUT2D eigenvalue weighted by Gasteiger charge is -2.23. The predicted molar refractivity (Wildman–Crippen MR) is 112 cm³/mol. The molecule has 1 atom stereocenters. The molecule has 0 radical (unpaired) electrons. The second kappa shape index (κ2) is 8.79. The van der Waals surface area contributed by atoms with Gasteiger partial charge in [-0.25, -0.2) is 9.78 Å². The third kappa shape index (κ3) is 5.39. The standard InChI is InChI=1S/C21H24N4OS/c1-15-14-27-20(22-15)17-10-7-11-18(12-17)23-21(26)24-19(13-25(2)3)16-8-5-4-6-9-16/h4-12,14,19H,13H2,1-3H3,(H2,23,24,26). The highest BCUT2D eigenvalue weighted by atomic mass is 32.1. The molecule has 0 bridgehead atoms. The molecule has 0 saturated carbocycles. The van der Waals surface area contributed by atoms with Gasteiger partial charge in [-0.05, 0) is 38.7 Å². The molecule has 0 spiro atoms. The van der Waals surface area contributed by atoms with Crippen LogP contribution in [0.4, 0.5) is 10.5 Å². The van der Waals surface area contributed by atoms with Crippen LogP contribution < -0.4 is 10.6 Å². The topological polar surface area (TPSA) is 57.3 Å². The van der Waals surface area contributed by atoms with E-state index in [-0.39, 0.29) is 12.1 Å². The van der Waals surface area contributed by atoms with E-state index in [1.807, 2.05) is 81.0 Å². The fraction of sp³-hybridized carbons (Fsp3) is 0.238. The van der Waals surface area contributed by atoms with Crippen molar-refractivity contribution in [3.05, 3.63) is 71.2 Å². The van der Waals surface area contributed by atoms with Gasteiger partial charge in [-0.3, -0.25) is 0 Å². The maximum absolute atomic E-state index is 12.6. The first kappa shape index (κ1) is 19.1. The zero-order chi connectivity index (χ0) is 19.2. The van der Waals surface area contributed by atoms with Gasteiger partial charge in [0.1, 0.15) is 5.01 Å². The molecule has 1 unspecified atom stereocenters. The zero-order valence-corrected chi connectivity index (χ0v) is 16.6. The van der Waals surface area contributed by atoms with Crippen molar-refractivity contribution in [2.45, 2.75) is 13.0 Å². The van der Waals surface area contributed by atoms with Crippen LogP contribution in [-0.4, -0.2) is 36.6 Å². The summed E-state index contributed by atoms with van der Waals surface area (Å²) in [7, 11) is 3.99. The second-order valence-electron chi connectivity index (χ2n) is 6.70. The Hall–Kier alpha value is -2.70. The van der Waals surface area contributed by atoms with E-state index in [4.69, 9.17) is 0 Å². The Labute approximate surface area is 164 Å². The summed E-state index contributed by atoms with van der Waals surface area (Å²) in [5, 5.41) is 8.98.